The van der Waals surface area contributed by atoms with Gasteiger partial charge in [-0.1, -0.05) is 6.42 Å². The van der Waals surface area contributed by atoms with Crippen molar-refractivity contribution < 1.29 is 22.7 Å². The van der Waals surface area contributed by atoms with Crippen molar-refractivity contribution in [3.8, 4) is 0 Å². The monoisotopic (exact) mass is 424 g/mol. The highest BCUT2D eigenvalue weighted by Crippen LogP contribution is 2.30. The fourth-order valence-corrected chi connectivity index (χ4v) is 5.04. The lowest BCUT2D eigenvalue weighted by Crippen LogP contribution is -2.35. The molecule has 2 fully saturated rings. The summed E-state index contributed by atoms with van der Waals surface area (Å²) in [5.74, 6) is -0.291. The van der Waals surface area contributed by atoms with Gasteiger partial charge in [0.1, 0.15) is 6.61 Å². The van der Waals surface area contributed by atoms with Gasteiger partial charge in [0.25, 0.3) is 0 Å². The number of nitrogens with one attached hydrogen (secondary N) is 1. The highest BCUT2D eigenvalue weighted by atomic mass is 32.2. The lowest BCUT2D eigenvalue weighted by molar-refractivity contribution is -0.116. The van der Waals surface area contributed by atoms with Crippen LogP contribution in [0.2, 0.25) is 0 Å². The van der Waals surface area contributed by atoms with Crippen molar-refractivity contribution in [3.05, 3.63) is 18.2 Å². The molecule has 10 heteroatoms. The molecule has 2 aliphatic heterocycles. The minimum atomic E-state index is -3.60. The number of ether oxygens (including phenoxy) is 1. The van der Waals surface area contributed by atoms with Crippen molar-refractivity contribution in [1.82, 2.24) is 9.21 Å². The Kier molecular flexibility index (Phi) is 6.63. The fourth-order valence-electron chi connectivity index (χ4n) is 3.50. The maximum atomic E-state index is 13.0. The standard InChI is InChI=1S/C19H28N4O5S/c1-21(2)17-7-6-15(29(26,27)23-9-4-3-5-10-23)14-16(17)20-18(24)8-11-22-12-13-28-19(22)25/h6-7,14H,3-5,8-13H2,1-2H3,(H,20,24). The quantitative estimate of drug-likeness (QED) is 0.715. The minimum absolute atomic E-state index is 0.102. The van der Waals surface area contributed by atoms with Crippen LogP contribution in [0.15, 0.2) is 23.1 Å². The molecular weight excluding hydrogens is 396 g/mol. The zero-order valence-corrected chi connectivity index (χ0v) is 17.7. The van der Waals surface area contributed by atoms with Gasteiger partial charge in [-0.3, -0.25) is 4.79 Å². The Balaban J connectivity index is 1.76. The lowest BCUT2D eigenvalue weighted by Gasteiger charge is -2.26. The molecule has 0 atom stereocenters. The first-order valence-electron chi connectivity index (χ1n) is 9.82. The lowest BCUT2D eigenvalue weighted by atomic mass is 10.2. The van der Waals surface area contributed by atoms with Crippen molar-refractivity contribution >= 4 is 33.4 Å². The van der Waals surface area contributed by atoms with Crippen LogP contribution in [0.3, 0.4) is 0 Å². The third-order valence-electron chi connectivity index (χ3n) is 5.13. The highest BCUT2D eigenvalue weighted by molar-refractivity contribution is 7.89. The van der Waals surface area contributed by atoms with Crippen LogP contribution in [0.25, 0.3) is 0 Å². The number of amides is 2. The van der Waals surface area contributed by atoms with Gasteiger partial charge in [0, 0.05) is 40.2 Å². The van der Waals surface area contributed by atoms with Crippen LogP contribution < -0.4 is 10.2 Å². The number of hydrogen-bond acceptors (Lipinski definition) is 6. The number of sulfonamides is 1. The molecule has 2 aliphatic rings. The molecule has 0 spiro atoms. The number of benzene rings is 1. The molecule has 0 saturated carbocycles. The second-order valence-corrected chi connectivity index (χ2v) is 9.38. The Labute approximate surface area is 171 Å². The smallest absolute Gasteiger partial charge is 0.409 e. The van der Waals surface area contributed by atoms with Crippen molar-refractivity contribution in [2.45, 2.75) is 30.6 Å². The largest absolute Gasteiger partial charge is 0.448 e. The number of cyclic esters (lactones) is 1. The van der Waals surface area contributed by atoms with Crippen LogP contribution in [-0.2, 0) is 19.6 Å². The van der Waals surface area contributed by atoms with Crippen LogP contribution in [0.5, 0.6) is 0 Å². The van der Waals surface area contributed by atoms with Gasteiger partial charge in [-0.2, -0.15) is 4.31 Å². The van der Waals surface area contributed by atoms with E-state index in [9.17, 15) is 18.0 Å². The molecule has 0 unspecified atom stereocenters. The normalized spacial score (nSPS) is 17.9. The number of anilines is 2. The summed E-state index contributed by atoms with van der Waals surface area (Å²) in [5.41, 5.74) is 1.14. The topological polar surface area (TPSA) is 99.3 Å². The highest BCUT2D eigenvalue weighted by Gasteiger charge is 2.27. The molecule has 1 aromatic carbocycles. The minimum Gasteiger partial charge on any atom is -0.448 e. The van der Waals surface area contributed by atoms with Gasteiger partial charge in [0.15, 0.2) is 0 Å². The van der Waals surface area contributed by atoms with Gasteiger partial charge in [-0.05, 0) is 31.0 Å². The summed E-state index contributed by atoms with van der Waals surface area (Å²) >= 11 is 0. The van der Waals surface area contributed by atoms with Gasteiger partial charge in [0.05, 0.1) is 22.8 Å². The van der Waals surface area contributed by atoms with Crippen LogP contribution in [0.1, 0.15) is 25.7 Å². The number of carbonyl (C=O) groups excluding carboxylic acids is 2. The maximum absolute atomic E-state index is 13.0. The summed E-state index contributed by atoms with van der Waals surface area (Å²) in [6, 6.07) is 4.79. The Morgan fingerprint density at radius 1 is 1.17 bits per heavy atom. The second-order valence-electron chi connectivity index (χ2n) is 7.44. The van der Waals surface area contributed by atoms with Crippen LogP contribution in [0, 0.1) is 0 Å². The molecule has 0 aliphatic carbocycles. The number of nitrogens with zero attached hydrogens (tertiary/aromatic N) is 3. The second kappa shape index (κ2) is 9.00. The van der Waals surface area contributed by atoms with Crippen LogP contribution in [0.4, 0.5) is 16.2 Å². The first-order valence-corrected chi connectivity index (χ1v) is 11.3. The molecule has 2 amide bonds. The van der Waals surface area contributed by atoms with Gasteiger partial charge in [-0.25, -0.2) is 13.2 Å². The van der Waals surface area contributed by atoms with Crippen LogP contribution >= 0.6 is 0 Å². The van der Waals surface area contributed by atoms with E-state index in [1.54, 1.807) is 12.1 Å². The summed E-state index contributed by atoms with van der Waals surface area (Å²) in [6.45, 7) is 2.10. The van der Waals surface area contributed by atoms with E-state index < -0.39 is 16.1 Å². The third-order valence-corrected chi connectivity index (χ3v) is 7.03. The van der Waals surface area contributed by atoms with E-state index in [0.717, 1.165) is 19.3 Å². The maximum Gasteiger partial charge on any atom is 0.409 e. The number of rotatable bonds is 7. The van der Waals surface area contributed by atoms with E-state index in [0.29, 0.717) is 37.6 Å². The third kappa shape index (κ3) is 4.99. The van der Waals surface area contributed by atoms with Gasteiger partial charge >= 0.3 is 6.09 Å². The first-order chi connectivity index (χ1) is 13.8. The molecule has 9 nitrogen and oxygen atoms in total. The average Bonchev–Trinajstić information content (AvgIpc) is 3.11. The van der Waals surface area contributed by atoms with Gasteiger partial charge < -0.3 is 19.9 Å². The predicted octanol–water partition coefficient (Wildman–Crippen LogP) is 1.71. The molecule has 0 bridgehead atoms. The molecule has 1 aromatic rings. The first kappa shape index (κ1) is 21.4. The zero-order valence-electron chi connectivity index (χ0n) is 16.9. The molecule has 2 saturated heterocycles. The zero-order chi connectivity index (χ0) is 21.0. The predicted molar refractivity (Wildman–Crippen MR) is 110 cm³/mol. The number of carbonyl (C=O) groups is 2. The number of hydrogen-bond donors (Lipinski definition) is 1. The molecule has 160 valence electrons. The summed E-state index contributed by atoms with van der Waals surface area (Å²) < 4.78 is 32.3. The van der Waals surface area contributed by atoms with E-state index in [4.69, 9.17) is 4.74 Å². The molecule has 0 radical (unpaired) electrons. The van der Waals surface area contributed by atoms with Gasteiger partial charge in [0.2, 0.25) is 15.9 Å². The summed E-state index contributed by atoms with van der Waals surface area (Å²) in [7, 11) is 0.0456. The average molecular weight is 425 g/mol. The summed E-state index contributed by atoms with van der Waals surface area (Å²) in [5, 5.41) is 2.80. The Morgan fingerprint density at radius 3 is 2.52 bits per heavy atom. The Morgan fingerprint density at radius 2 is 1.90 bits per heavy atom. The Bertz CT molecular complexity index is 865. The van der Waals surface area contributed by atoms with Crippen molar-refractivity contribution in [1.29, 1.82) is 0 Å². The molecular formula is C19H28N4O5S. The Hall–Kier alpha value is -2.33. The SMILES string of the molecule is CN(C)c1ccc(S(=O)(=O)N2CCCCC2)cc1NC(=O)CCN1CCOC1=O. The molecule has 2 heterocycles. The van der Waals surface area contributed by atoms with Gasteiger partial charge in [-0.15, -0.1) is 0 Å². The van der Waals surface area contributed by atoms with Crippen molar-refractivity contribution in [3.63, 3.8) is 0 Å². The van der Waals surface area contributed by atoms with Crippen LogP contribution in [-0.4, -0.2) is 76.5 Å². The van der Waals surface area contributed by atoms with E-state index >= 15 is 0 Å². The molecule has 1 N–H and O–H groups in total. The fraction of sp³-hybridized carbons (Fsp3) is 0.579. The van der Waals surface area contributed by atoms with E-state index in [1.165, 1.54) is 15.3 Å². The van der Waals surface area contributed by atoms with E-state index in [1.807, 2.05) is 19.0 Å². The molecule has 3 rings (SSSR count). The van der Waals surface area contributed by atoms with E-state index in [2.05, 4.69) is 5.32 Å². The summed E-state index contributed by atoms with van der Waals surface area (Å²) in [6.07, 6.45) is 2.44. The van der Waals surface area contributed by atoms with E-state index in [-0.39, 0.29) is 23.8 Å². The molecule has 29 heavy (non-hydrogen) atoms. The van der Waals surface area contributed by atoms with Crippen molar-refractivity contribution in [2.75, 3.05) is 57.1 Å². The number of piperidine rings is 1. The summed E-state index contributed by atoms with van der Waals surface area (Å²) in [4.78, 5) is 27.4. The van der Waals surface area contributed by atoms with Crippen molar-refractivity contribution in [2.24, 2.45) is 0 Å². The molecule has 0 aromatic heterocycles.